The van der Waals surface area contributed by atoms with Gasteiger partial charge in [-0.1, -0.05) is 0 Å². The highest BCUT2D eigenvalue weighted by Gasteiger charge is 2.13. The molecule has 12 heavy (non-hydrogen) atoms. The van der Waals surface area contributed by atoms with E-state index in [0.717, 1.165) is 6.07 Å². The average Bonchev–Trinajstić information content (AvgIpc) is 2.01. The second-order valence-electron chi connectivity index (χ2n) is 2.10. The Bertz CT molecular complexity index is 315. The Hall–Kier alpha value is 0. The van der Waals surface area contributed by atoms with E-state index in [4.69, 9.17) is 5.11 Å². The molecule has 0 unspecified atom stereocenters. The first-order valence-electron chi connectivity index (χ1n) is 3.00. The second kappa shape index (κ2) is 3.81. The summed E-state index contributed by atoms with van der Waals surface area (Å²) in [5.74, 6) is -1.46. The molecule has 0 spiro atoms. The number of aliphatic hydroxyl groups is 1. The van der Waals surface area contributed by atoms with E-state index in [1.807, 2.05) is 0 Å². The van der Waals surface area contributed by atoms with Crippen molar-refractivity contribution in [3.05, 3.63) is 32.2 Å². The van der Waals surface area contributed by atoms with Crippen molar-refractivity contribution >= 4 is 31.9 Å². The van der Waals surface area contributed by atoms with Gasteiger partial charge in [0.1, 0.15) is 11.6 Å². The summed E-state index contributed by atoms with van der Waals surface area (Å²) in [6.07, 6.45) is 0. The molecule has 0 radical (unpaired) electrons. The van der Waals surface area contributed by atoms with Gasteiger partial charge in [0.2, 0.25) is 0 Å². The molecule has 0 bridgehead atoms. The average molecular weight is 302 g/mol. The third-order valence-corrected chi connectivity index (χ3v) is 3.55. The van der Waals surface area contributed by atoms with Crippen LogP contribution >= 0.6 is 31.9 Å². The van der Waals surface area contributed by atoms with E-state index in [1.54, 1.807) is 0 Å². The van der Waals surface area contributed by atoms with Gasteiger partial charge in [0.25, 0.3) is 0 Å². The van der Waals surface area contributed by atoms with Crippen LogP contribution in [0.1, 0.15) is 5.56 Å². The van der Waals surface area contributed by atoms with Gasteiger partial charge < -0.3 is 5.11 Å². The number of hydrogen-bond donors (Lipinski definition) is 1. The van der Waals surface area contributed by atoms with Gasteiger partial charge in [0.15, 0.2) is 0 Å². The summed E-state index contributed by atoms with van der Waals surface area (Å²) >= 11 is 5.86. The van der Waals surface area contributed by atoms with Crippen LogP contribution in [-0.2, 0) is 6.61 Å². The summed E-state index contributed by atoms with van der Waals surface area (Å²) in [7, 11) is 0. The Morgan fingerprint density at radius 1 is 1.17 bits per heavy atom. The minimum absolute atomic E-state index is 0.0447. The minimum atomic E-state index is -0.759. The van der Waals surface area contributed by atoms with Crippen molar-refractivity contribution in [1.82, 2.24) is 0 Å². The summed E-state index contributed by atoms with van der Waals surface area (Å²) in [6.45, 7) is -0.467. The molecule has 1 aromatic rings. The van der Waals surface area contributed by atoms with Crippen molar-refractivity contribution in [1.29, 1.82) is 0 Å². The smallest absolute Gasteiger partial charge is 0.141 e. The molecule has 0 saturated heterocycles. The monoisotopic (exact) mass is 300 g/mol. The van der Waals surface area contributed by atoms with E-state index in [-0.39, 0.29) is 14.5 Å². The summed E-state index contributed by atoms with van der Waals surface area (Å²) in [5, 5.41) is 8.70. The number of rotatable bonds is 1. The lowest BCUT2D eigenvalue weighted by molar-refractivity contribution is 0.274. The standard InChI is InChI=1S/C7H4Br2F2O/c8-6-3(2-12)4(10)1-5(11)7(6)9/h1,12H,2H2. The predicted octanol–water partition coefficient (Wildman–Crippen LogP) is 2.98. The molecule has 5 heteroatoms. The zero-order chi connectivity index (χ0) is 9.30. The molecule has 0 fully saturated rings. The van der Waals surface area contributed by atoms with E-state index >= 15 is 0 Å². The maximum Gasteiger partial charge on any atom is 0.141 e. The van der Waals surface area contributed by atoms with Gasteiger partial charge in [-0.2, -0.15) is 0 Å². The van der Waals surface area contributed by atoms with Gasteiger partial charge in [0.05, 0.1) is 11.1 Å². The highest BCUT2D eigenvalue weighted by Crippen LogP contribution is 2.31. The second-order valence-corrected chi connectivity index (χ2v) is 3.69. The van der Waals surface area contributed by atoms with Crippen LogP contribution in [0.15, 0.2) is 15.0 Å². The van der Waals surface area contributed by atoms with Gasteiger partial charge in [-0.25, -0.2) is 8.78 Å². The number of halogens is 4. The highest BCUT2D eigenvalue weighted by molar-refractivity contribution is 9.13. The fourth-order valence-corrected chi connectivity index (χ4v) is 1.61. The molecule has 1 aromatic carbocycles. The largest absolute Gasteiger partial charge is 0.392 e. The normalized spacial score (nSPS) is 10.4. The van der Waals surface area contributed by atoms with E-state index in [2.05, 4.69) is 31.9 Å². The van der Waals surface area contributed by atoms with Crippen LogP contribution in [0.4, 0.5) is 8.78 Å². The van der Waals surface area contributed by atoms with Crippen LogP contribution < -0.4 is 0 Å². The van der Waals surface area contributed by atoms with E-state index in [1.165, 1.54) is 0 Å². The number of aliphatic hydroxyl groups excluding tert-OH is 1. The van der Waals surface area contributed by atoms with Crippen molar-refractivity contribution in [3.63, 3.8) is 0 Å². The molecule has 1 N–H and O–H groups in total. The van der Waals surface area contributed by atoms with Gasteiger partial charge in [-0.3, -0.25) is 0 Å². The van der Waals surface area contributed by atoms with Gasteiger partial charge >= 0.3 is 0 Å². The molecule has 0 aromatic heterocycles. The van der Waals surface area contributed by atoms with Crippen LogP contribution in [0.5, 0.6) is 0 Å². The molecule has 0 aliphatic carbocycles. The van der Waals surface area contributed by atoms with Gasteiger partial charge in [-0.05, 0) is 31.9 Å². The molecular weight excluding hydrogens is 298 g/mol. The number of hydrogen-bond acceptors (Lipinski definition) is 1. The van der Waals surface area contributed by atoms with Crippen molar-refractivity contribution in [2.24, 2.45) is 0 Å². The van der Waals surface area contributed by atoms with Gasteiger partial charge in [-0.15, -0.1) is 0 Å². The maximum atomic E-state index is 12.8. The molecule has 66 valence electrons. The van der Waals surface area contributed by atoms with Crippen LogP contribution in [0, 0.1) is 11.6 Å². The van der Waals surface area contributed by atoms with Crippen LogP contribution in [-0.4, -0.2) is 5.11 Å². The van der Waals surface area contributed by atoms with E-state index < -0.39 is 18.2 Å². The SMILES string of the molecule is OCc1c(F)cc(F)c(Br)c1Br. The predicted molar refractivity (Wildman–Crippen MR) is 47.7 cm³/mol. The maximum absolute atomic E-state index is 12.8. The fourth-order valence-electron chi connectivity index (χ4n) is 0.749. The van der Waals surface area contributed by atoms with Gasteiger partial charge in [0, 0.05) is 16.1 Å². The molecule has 0 aliphatic heterocycles. The lowest BCUT2D eigenvalue weighted by Crippen LogP contribution is -1.94. The summed E-state index contributed by atoms with van der Waals surface area (Å²) in [5.41, 5.74) is 0.0447. The molecular formula is C7H4Br2F2O. The summed E-state index contributed by atoms with van der Waals surface area (Å²) in [4.78, 5) is 0. The Labute approximate surface area is 84.7 Å². The van der Waals surface area contributed by atoms with Crippen LogP contribution in [0.3, 0.4) is 0 Å². The number of benzene rings is 1. The van der Waals surface area contributed by atoms with Crippen molar-refractivity contribution < 1.29 is 13.9 Å². The quantitative estimate of drug-likeness (QED) is 0.624. The Balaban J connectivity index is 3.40. The van der Waals surface area contributed by atoms with Crippen molar-refractivity contribution in [2.75, 3.05) is 0 Å². The molecule has 0 atom stereocenters. The molecule has 1 nitrogen and oxygen atoms in total. The molecule has 1 rings (SSSR count). The summed E-state index contributed by atoms with van der Waals surface area (Å²) < 4.78 is 25.9. The first kappa shape index (κ1) is 10.1. The Morgan fingerprint density at radius 2 is 1.75 bits per heavy atom. The first-order chi connectivity index (χ1) is 5.57. The zero-order valence-corrected chi connectivity index (χ0v) is 8.92. The Kier molecular flexibility index (Phi) is 3.20. The van der Waals surface area contributed by atoms with E-state index in [0.29, 0.717) is 0 Å². The fraction of sp³-hybridized carbons (Fsp3) is 0.143. The highest BCUT2D eigenvalue weighted by atomic mass is 79.9. The third-order valence-electron chi connectivity index (χ3n) is 1.37. The first-order valence-corrected chi connectivity index (χ1v) is 4.59. The van der Waals surface area contributed by atoms with Crippen molar-refractivity contribution in [3.8, 4) is 0 Å². The lowest BCUT2D eigenvalue weighted by Gasteiger charge is -2.05. The summed E-state index contributed by atoms with van der Waals surface area (Å²) in [6, 6.07) is 0.723. The molecule has 0 aliphatic rings. The lowest BCUT2D eigenvalue weighted by atomic mass is 10.2. The van der Waals surface area contributed by atoms with E-state index in [9.17, 15) is 8.78 Å². The minimum Gasteiger partial charge on any atom is -0.392 e. The van der Waals surface area contributed by atoms with Crippen LogP contribution in [0.2, 0.25) is 0 Å². The zero-order valence-electron chi connectivity index (χ0n) is 5.74. The van der Waals surface area contributed by atoms with Crippen molar-refractivity contribution in [2.45, 2.75) is 6.61 Å². The molecule has 0 heterocycles. The topological polar surface area (TPSA) is 20.2 Å². The molecule has 0 saturated carbocycles. The van der Waals surface area contributed by atoms with Crippen LogP contribution in [0.25, 0.3) is 0 Å². The third kappa shape index (κ3) is 1.67. The molecule has 0 amide bonds. The Morgan fingerprint density at radius 3 is 2.25 bits per heavy atom.